The molecule has 1 amide bonds. The van der Waals surface area contributed by atoms with Gasteiger partial charge in [0.1, 0.15) is 11.6 Å². The van der Waals surface area contributed by atoms with Crippen LogP contribution in [0.3, 0.4) is 0 Å². The summed E-state index contributed by atoms with van der Waals surface area (Å²) in [6.45, 7) is 0.621. The molecule has 3 N–H and O–H groups in total. The summed E-state index contributed by atoms with van der Waals surface area (Å²) in [5.74, 6) is 0.0534. The fourth-order valence-corrected chi connectivity index (χ4v) is 3.20. The number of aromatic amines is 1. The zero-order valence-electron chi connectivity index (χ0n) is 16.1. The summed E-state index contributed by atoms with van der Waals surface area (Å²) in [6.07, 6.45) is 5.20. The third kappa shape index (κ3) is 4.56. The molecular formula is C22H21N3O5. The van der Waals surface area contributed by atoms with Crippen molar-refractivity contribution in [2.24, 2.45) is 0 Å². The van der Waals surface area contributed by atoms with Gasteiger partial charge in [0, 0.05) is 30.2 Å². The Morgan fingerprint density at radius 1 is 1.23 bits per heavy atom. The van der Waals surface area contributed by atoms with Crippen LogP contribution in [0, 0.1) is 0 Å². The van der Waals surface area contributed by atoms with E-state index in [2.05, 4.69) is 15.4 Å². The van der Waals surface area contributed by atoms with Gasteiger partial charge in [-0.05, 0) is 49.2 Å². The van der Waals surface area contributed by atoms with Crippen molar-refractivity contribution in [1.29, 1.82) is 0 Å². The molecule has 4 rings (SSSR count). The minimum Gasteiger partial charge on any atom is -0.508 e. The number of para-hydroxylation sites is 1. The van der Waals surface area contributed by atoms with Crippen LogP contribution < -0.4 is 11.0 Å². The Morgan fingerprint density at radius 3 is 2.83 bits per heavy atom. The highest BCUT2D eigenvalue weighted by Gasteiger charge is 2.15. The van der Waals surface area contributed by atoms with Crippen molar-refractivity contribution >= 4 is 22.9 Å². The number of fused-ring (bicyclic) bond motifs is 1. The van der Waals surface area contributed by atoms with Gasteiger partial charge in [-0.3, -0.25) is 9.59 Å². The van der Waals surface area contributed by atoms with E-state index in [1.165, 1.54) is 18.2 Å². The number of hydrogen-bond acceptors (Lipinski definition) is 6. The summed E-state index contributed by atoms with van der Waals surface area (Å²) in [5.41, 5.74) is 3.80. The summed E-state index contributed by atoms with van der Waals surface area (Å²) < 4.78 is 5.40. The van der Waals surface area contributed by atoms with Crippen molar-refractivity contribution in [1.82, 2.24) is 15.4 Å². The van der Waals surface area contributed by atoms with E-state index in [1.54, 1.807) is 36.4 Å². The number of amides is 1. The van der Waals surface area contributed by atoms with E-state index in [-0.39, 0.29) is 11.3 Å². The van der Waals surface area contributed by atoms with E-state index < -0.39 is 12.2 Å². The van der Waals surface area contributed by atoms with Crippen LogP contribution in [0.4, 0.5) is 0 Å². The van der Waals surface area contributed by atoms with Gasteiger partial charge in [0.2, 0.25) is 0 Å². The lowest BCUT2D eigenvalue weighted by Gasteiger charge is -2.21. The van der Waals surface area contributed by atoms with Crippen molar-refractivity contribution in [2.75, 3.05) is 6.61 Å². The lowest BCUT2D eigenvalue weighted by Crippen LogP contribution is -2.32. The molecule has 30 heavy (non-hydrogen) atoms. The molecule has 154 valence electrons. The molecule has 1 aromatic heterocycles. The Balaban J connectivity index is 1.57. The average Bonchev–Trinajstić information content (AvgIpc) is 2.77. The Morgan fingerprint density at radius 2 is 2.07 bits per heavy atom. The minimum absolute atomic E-state index is 0.123. The van der Waals surface area contributed by atoms with Crippen LogP contribution >= 0.6 is 0 Å². The molecule has 0 spiro atoms. The first-order valence-electron chi connectivity index (χ1n) is 9.68. The third-order valence-electron chi connectivity index (χ3n) is 4.75. The van der Waals surface area contributed by atoms with Crippen molar-refractivity contribution in [2.45, 2.75) is 25.6 Å². The number of phenols is 1. The second kappa shape index (κ2) is 8.89. The molecule has 1 atom stereocenters. The standard InChI is InChI=1S/C22H21N3O5/c26-16-10-7-15(8-11-16)21-23-20-14(4-3-5-17(20)22(28)24-21)9-12-18(27)25-30-19-6-1-2-13-29-19/h3-5,7-12,19,26H,1-2,6,13H2,(H,25,27)(H,23,24,28)/b12-9+. The fourth-order valence-electron chi connectivity index (χ4n) is 3.20. The summed E-state index contributed by atoms with van der Waals surface area (Å²) in [6, 6.07) is 11.5. The number of carbonyl (C=O) groups excluding carboxylic acids is 1. The molecule has 1 aliphatic heterocycles. The van der Waals surface area contributed by atoms with Gasteiger partial charge in [0.15, 0.2) is 6.29 Å². The maximum Gasteiger partial charge on any atom is 0.267 e. The van der Waals surface area contributed by atoms with Crippen LogP contribution in [0.1, 0.15) is 24.8 Å². The molecule has 1 saturated heterocycles. The molecule has 1 unspecified atom stereocenters. The van der Waals surface area contributed by atoms with Gasteiger partial charge in [-0.25, -0.2) is 15.3 Å². The highest BCUT2D eigenvalue weighted by Crippen LogP contribution is 2.21. The topological polar surface area (TPSA) is 114 Å². The van der Waals surface area contributed by atoms with Crippen LogP contribution in [0.5, 0.6) is 5.75 Å². The lowest BCUT2D eigenvalue weighted by atomic mass is 10.1. The zero-order chi connectivity index (χ0) is 20.9. The molecular weight excluding hydrogens is 386 g/mol. The average molecular weight is 407 g/mol. The van der Waals surface area contributed by atoms with Crippen LogP contribution in [-0.4, -0.2) is 33.9 Å². The van der Waals surface area contributed by atoms with E-state index in [0.29, 0.717) is 34.5 Å². The number of hydrogen-bond donors (Lipinski definition) is 3. The number of H-pyrrole nitrogens is 1. The maximum absolute atomic E-state index is 12.5. The van der Waals surface area contributed by atoms with Crippen molar-refractivity contribution in [3.8, 4) is 17.1 Å². The number of aromatic nitrogens is 2. The van der Waals surface area contributed by atoms with Crippen LogP contribution in [0.25, 0.3) is 28.4 Å². The molecule has 2 heterocycles. The number of carbonyl (C=O) groups is 1. The number of aromatic hydroxyl groups is 1. The van der Waals surface area contributed by atoms with Gasteiger partial charge in [0.05, 0.1) is 10.9 Å². The molecule has 1 fully saturated rings. The Bertz CT molecular complexity index is 1130. The number of rotatable bonds is 5. The second-order valence-electron chi connectivity index (χ2n) is 6.92. The van der Waals surface area contributed by atoms with Crippen LogP contribution in [-0.2, 0) is 14.4 Å². The smallest absolute Gasteiger partial charge is 0.267 e. The van der Waals surface area contributed by atoms with Crippen molar-refractivity contribution < 1.29 is 19.5 Å². The van der Waals surface area contributed by atoms with E-state index in [0.717, 1.165) is 19.3 Å². The SMILES string of the molecule is O=C(/C=C/c1cccc2c(=O)[nH]c(-c3ccc(O)cc3)nc12)NOC1CCCCO1. The molecule has 0 saturated carbocycles. The number of benzene rings is 2. The lowest BCUT2D eigenvalue weighted by molar-refractivity contribution is -0.198. The molecule has 1 aliphatic rings. The number of ether oxygens (including phenoxy) is 1. The highest BCUT2D eigenvalue weighted by atomic mass is 16.8. The molecule has 0 radical (unpaired) electrons. The van der Waals surface area contributed by atoms with E-state index in [9.17, 15) is 14.7 Å². The predicted molar refractivity (Wildman–Crippen MR) is 111 cm³/mol. The Hall–Kier alpha value is -3.49. The fraction of sp³-hybridized carbons (Fsp3) is 0.227. The summed E-state index contributed by atoms with van der Waals surface area (Å²) in [5, 5.41) is 9.87. The Labute approximate surface area is 172 Å². The molecule has 0 bridgehead atoms. The van der Waals surface area contributed by atoms with E-state index in [1.807, 2.05) is 0 Å². The molecule has 2 aromatic carbocycles. The minimum atomic E-state index is -0.440. The van der Waals surface area contributed by atoms with Gasteiger partial charge in [-0.1, -0.05) is 12.1 Å². The molecule has 8 heteroatoms. The van der Waals surface area contributed by atoms with Gasteiger partial charge in [-0.15, -0.1) is 0 Å². The Kier molecular flexibility index (Phi) is 5.87. The van der Waals surface area contributed by atoms with Crippen LogP contribution in [0.15, 0.2) is 53.3 Å². The van der Waals surface area contributed by atoms with Gasteiger partial charge < -0.3 is 14.8 Å². The largest absolute Gasteiger partial charge is 0.508 e. The zero-order valence-corrected chi connectivity index (χ0v) is 16.1. The van der Waals surface area contributed by atoms with Crippen LogP contribution in [0.2, 0.25) is 0 Å². The third-order valence-corrected chi connectivity index (χ3v) is 4.75. The summed E-state index contributed by atoms with van der Waals surface area (Å²) in [4.78, 5) is 37.2. The first-order chi connectivity index (χ1) is 14.6. The number of nitrogens with zero attached hydrogens (tertiary/aromatic N) is 1. The van der Waals surface area contributed by atoms with Gasteiger partial charge in [-0.2, -0.15) is 0 Å². The quantitative estimate of drug-likeness (QED) is 0.443. The maximum atomic E-state index is 12.5. The first-order valence-corrected chi connectivity index (χ1v) is 9.68. The van der Waals surface area contributed by atoms with E-state index >= 15 is 0 Å². The monoisotopic (exact) mass is 407 g/mol. The molecule has 0 aliphatic carbocycles. The van der Waals surface area contributed by atoms with E-state index in [4.69, 9.17) is 9.57 Å². The summed E-state index contributed by atoms with van der Waals surface area (Å²) in [7, 11) is 0. The van der Waals surface area contributed by atoms with Crippen molar-refractivity contribution in [3.63, 3.8) is 0 Å². The summed E-state index contributed by atoms with van der Waals surface area (Å²) >= 11 is 0. The highest BCUT2D eigenvalue weighted by molar-refractivity contribution is 5.95. The number of hydroxylamine groups is 1. The second-order valence-corrected chi connectivity index (χ2v) is 6.92. The number of phenolic OH excluding ortho intramolecular Hbond substituents is 1. The molecule has 8 nitrogen and oxygen atoms in total. The number of nitrogens with one attached hydrogen (secondary N) is 2. The van der Waals surface area contributed by atoms with Gasteiger partial charge in [0.25, 0.3) is 11.5 Å². The van der Waals surface area contributed by atoms with Crippen molar-refractivity contribution in [3.05, 3.63) is 64.5 Å². The molecule has 3 aromatic rings. The van der Waals surface area contributed by atoms with Gasteiger partial charge >= 0.3 is 0 Å². The predicted octanol–water partition coefficient (Wildman–Crippen LogP) is 2.88. The normalized spacial score (nSPS) is 16.7. The first kappa shape index (κ1) is 19.8.